The molecule has 9 heteroatoms. The molecular weight excluding hydrogens is 516 g/mol. The summed E-state index contributed by atoms with van der Waals surface area (Å²) in [5, 5.41) is 14.2. The Balaban J connectivity index is 1.57. The van der Waals surface area contributed by atoms with Crippen LogP contribution in [0.5, 0.6) is 0 Å². The molecule has 0 saturated heterocycles. The number of carbonyl (C=O) groups excluding carboxylic acids is 3. The van der Waals surface area contributed by atoms with Gasteiger partial charge in [0.15, 0.2) is 0 Å². The highest BCUT2D eigenvalue weighted by atomic mass is 16.2. The van der Waals surface area contributed by atoms with Crippen LogP contribution in [0.25, 0.3) is 11.0 Å². The lowest BCUT2D eigenvalue weighted by molar-refractivity contribution is -0.127. The summed E-state index contributed by atoms with van der Waals surface area (Å²) in [6, 6.07) is 30.4. The number of rotatable bonds is 9. The molecule has 1 heterocycles. The Kier molecular flexibility index (Phi) is 8.15. The summed E-state index contributed by atoms with van der Waals surface area (Å²) in [7, 11) is 0. The fourth-order valence-corrected chi connectivity index (χ4v) is 4.76. The number of aryl methyl sites for hydroxylation is 1. The molecule has 41 heavy (non-hydrogen) atoms. The van der Waals surface area contributed by atoms with Gasteiger partial charge in [-0.15, -0.1) is 5.10 Å². The fourth-order valence-electron chi connectivity index (χ4n) is 4.76. The summed E-state index contributed by atoms with van der Waals surface area (Å²) in [4.78, 5) is 41.3. The van der Waals surface area contributed by atoms with Crippen molar-refractivity contribution in [3.05, 3.63) is 120 Å². The van der Waals surface area contributed by atoms with E-state index in [1.807, 2.05) is 85.8 Å². The van der Waals surface area contributed by atoms with Crippen molar-refractivity contribution in [2.75, 3.05) is 10.2 Å². The van der Waals surface area contributed by atoms with E-state index >= 15 is 0 Å². The first-order valence-electron chi connectivity index (χ1n) is 13.3. The van der Waals surface area contributed by atoms with Gasteiger partial charge in [-0.1, -0.05) is 71.9 Å². The third-order valence-corrected chi connectivity index (χ3v) is 6.74. The fraction of sp³-hybridized carbons (Fsp3) is 0.156. The van der Waals surface area contributed by atoms with Gasteiger partial charge in [0.25, 0.3) is 0 Å². The quantitative estimate of drug-likeness (QED) is 0.276. The molecule has 5 rings (SSSR count). The molecule has 3 amide bonds. The van der Waals surface area contributed by atoms with E-state index in [-0.39, 0.29) is 24.3 Å². The van der Waals surface area contributed by atoms with Gasteiger partial charge in [-0.05, 0) is 60.0 Å². The van der Waals surface area contributed by atoms with Crippen LogP contribution in [-0.2, 0) is 27.5 Å². The van der Waals surface area contributed by atoms with Gasteiger partial charge in [0.1, 0.15) is 18.1 Å². The van der Waals surface area contributed by atoms with Crippen molar-refractivity contribution in [1.82, 2.24) is 20.3 Å². The zero-order chi connectivity index (χ0) is 28.8. The highest BCUT2D eigenvalue weighted by Crippen LogP contribution is 2.31. The average molecular weight is 547 g/mol. The number of anilines is 2. The minimum absolute atomic E-state index is 0.137. The second-order valence-corrected chi connectivity index (χ2v) is 9.69. The monoisotopic (exact) mass is 546 g/mol. The molecular formula is C32H30N6O3. The van der Waals surface area contributed by atoms with Crippen LogP contribution in [0.15, 0.2) is 103 Å². The number of benzene rings is 4. The highest BCUT2D eigenvalue weighted by Gasteiger charge is 2.34. The summed E-state index contributed by atoms with van der Waals surface area (Å²) >= 11 is 0. The number of hydrogen-bond acceptors (Lipinski definition) is 5. The summed E-state index contributed by atoms with van der Waals surface area (Å²) in [5.74, 6) is -0.885. The summed E-state index contributed by atoms with van der Waals surface area (Å²) in [6.07, 6.45) is 0. The van der Waals surface area contributed by atoms with Gasteiger partial charge in [0.05, 0.1) is 5.52 Å². The molecule has 1 atom stereocenters. The van der Waals surface area contributed by atoms with Crippen LogP contribution >= 0.6 is 0 Å². The smallest absolute Gasteiger partial charge is 0.249 e. The van der Waals surface area contributed by atoms with Crippen LogP contribution < -0.4 is 15.5 Å². The van der Waals surface area contributed by atoms with E-state index in [0.29, 0.717) is 34.5 Å². The van der Waals surface area contributed by atoms with E-state index in [2.05, 4.69) is 20.9 Å². The van der Waals surface area contributed by atoms with Gasteiger partial charge in [-0.2, -0.15) is 0 Å². The second-order valence-electron chi connectivity index (χ2n) is 9.69. The van der Waals surface area contributed by atoms with Gasteiger partial charge in [-0.3, -0.25) is 19.3 Å². The lowest BCUT2D eigenvalue weighted by atomic mass is 9.98. The number of nitrogens with one attached hydrogen (secondary N) is 2. The van der Waals surface area contributed by atoms with E-state index < -0.39 is 6.04 Å². The number of amides is 3. The van der Waals surface area contributed by atoms with Crippen molar-refractivity contribution >= 4 is 40.1 Å². The standard InChI is InChI=1S/C32H30N6O3/c1-22-10-6-7-13-27(22)31(32(41)33-20-24-11-4-3-5-12-24)38(26-18-16-25(17-19-26)34-23(2)39)30(40)21-37-29-15-9-8-14-28(29)35-36-37/h3-19,31H,20-21H2,1-2H3,(H,33,41)(H,34,39)/t31-/m1/s1. The molecule has 0 radical (unpaired) electrons. The number of carbonyl (C=O) groups is 3. The van der Waals surface area contributed by atoms with Crippen LogP contribution in [0.1, 0.15) is 29.7 Å². The number of para-hydroxylation sites is 1. The lowest BCUT2D eigenvalue weighted by Crippen LogP contribution is -2.45. The van der Waals surface area contributed by atoms with Crippen LogP contribution in [0, 0.1) is 6.92 Å². The molecule has 0 bridgehead atoms. The Bertz CT molecular complexity index is 1680. The van der Waals surface area contributed by atoms with Crippen molar-refractivity contribution in [1.29, 1.82) is 0 Å². The molecule has 0 unspecified atom stereocenters. The maximum absolute atomic E-state index is 14.2. The molecule has 0 aliphatic rings. The maximum Gasteiger partial charge on any atom is 0.249 e. The number of aromatic nitrogens is 3. The van der Waals surface area contributed by atoms with Crippen molar-refractivity contribution in [3.8, 4) is 0 Å². The predicted octanol–water partition coefficient (Wildman–Crippen LogP) is 4.79. The van der Waals surface area contributed by atoms with Gasteiger partial charge in [-0.25, -0.2) is 4.68 Å². The molecule has 0 saturated carbocycles. The molecule has 4 aromatic carbocycles. The van der Waals surface area contributed by atoms with Gasteiger partial charge < -0.3 is 10.6 Å². The van der Waals surface area contributed by atoms with Gasteiger partial charge >= 0.3 is 0 Å². The lowest BCUT2D eigenvalue weighted by Gasteiger charge is -2.32. The van der Waals surface area contributed by atoms with E-state index in [1.54, 1.807) is 24.3 Å². The molecule has 0 spiro atoms. The number of nitrogens with zero attached hydrogens (tertiary/aromatic N) is 4. The zero-order valence-electron chi connectivity index (χ0n) is 22.8. The minimum atomic E-state index is -0.978. The van der Waals surface area contributed by atoms with E-state index in [9.17, 15) is 14.4 Å². The molecule has 0 fully saturated rings. The Morgan fingerprint density at radius 3 is 2.27 bits per heavy atom. The summed E-state index contributed by atoms with van der Waals surface area (Å²) in [5.41, 5.74) is 4.96. The number of hydrogen-bond donors (Lipinski definition) is 2. The van der Waals surface area contributed by atoms with Crippen LogP contribution in [0.2, 0.25) is 0 Å². The molecule has 9 nitrogen and oxygen atoms in total. The topological polar surface area (TPSA) is 109 Å². The molecule has 2 N–H and O–H groups in total. The molecule has 1 aromatic heterocycles. The van der Waals surface area contributed by atoms with Crippen molar-refractivity contribution in [2.45, 2.75) is 33.0 Å². The first-order chi connectivity index (χ1) is 19.9. The van der Waals surface area contributed by atoms with Crippen molar-refractivity contribution in [2.24, 2.45) is 0 Å². The Hall–Kier alpha value is -5.31. The molecule has 0 aliphatic carbocycles. The number of fused-ring (bicyclic) bond motifs is 1. The minimum Gasteiger partial charge on any atom is -0.350 e. The second kappa shape index (κ2) is 12.3. The van der Waals surface area contributed by atoms with E-state index in [4.69, 9.17) is 0 Å². The predicted molar refractivity (Wildman–Crippen MR) is 158 cm³/mol. The summed E-state index contributed by atoms with van der Waals surface area (Å²) < 4.78 is 1.53. The maximum atomic E-state index is 14.2. The Morgan fingerprint density at radius 2 is 1.54 bits per heavy atom. The van der Waals surface area contributed by atoms with Crippen molar-refractivity contribution < 1.29 is 14.4 Å². The van der Waals surface area contributed by atoms with Crippen LogP contribution in [0.4, 0.5) is 11.4 Å². The average Bonchev–Trinajstić information content (AvgIpc) is 3.38. The van der Waals surface area contributed by atoms with E-state index in [0.717, 1.165) is 11.1 Å². The molecule has 206 valence electrons. The van der Waals surface area contributed by atoms with Crippen LogP contribution in [0.3, 0.4) is 0 Å². The third kappa shape index (κ3) is 6.30. The first-order valence-corrected chi connectivity index (χ1v) is 13.3. The SMILES string of the molecule is CC(=O)Nc1ccc(N(C(=O)Cn2nnc3ccccc32)[C@@H](C(=O)NCc2ccccc2)c2ccccc2C)cc1. The largest absolute Gasteiger partial charge is 0.350 e. The van der Waals surface area contributed by atoms with Crippen molar-refractivity contribution in [3.63, 3.8) is 0 Å². The van der Waals surface area contributed by atoms with Crippen LogP contribution in [-0.4, -0.2) is 32.7 Å². The van der Waals surface area contributed by atoms with Gasteiger partial charge in [0.2, 0.25) is 17.7 Å². The Morgan fingerprint density at radius 1 is 0.854 bits per heavy atom. The third-order valence-electron chi connectivity index (χ3n) is 6.74. The van der Waals surface area contributed by atoms with E-state index in [1.165, 1.54) is 16.5 Å². The normalized spacial score (nSPS) is 11.6. The molecule has 5 aromatic rings. The zero-order valence-corrected chi connectivity index (χ0v) is 22.8. The summed E-state index contributed by atoms with van der Waals surface area (Å²) in [6.45, 7) is 3.51. The Labute approximate surface area is 237 Å². The van der Waals surface area contributed by atoms with Gasteiger partial charge in [0, 0.05) is 24.8 Å². The molecule has 0 aliphatic heterocycles. The first kappa shape index (κ1) is 27.3. The highest BCUT2D eigenvalue weighted by molar-refractivity contribution is 6.02.